The number of carboxylic acids is 1. The third kappa shape index (κ3) is 7.00. The largest absolute Gasteiger partial charge is 0.478 e. The fourth-order valence-corrected chi connectivity index (χ4v) is 0.859. The van der Waals surface area contributed by atoms with Gasteiger partial charge in [0, 0.05) is 6.08 Å². The molecule has 0 aliphatic carbocycles. The summed E-state index contributed by atoms with van der Waals surface area (Å²) in [4.78, 5) is 20.4. The number of rotatable bonds is 5. The molecule has 1 N–H and O–H groups in total. The smallest absolute Gasteiger partial charge is 0.328 e. The van der Waals surface area contributed by atoms with Crippen LogP contribution in [0.5, 0.6) is 0 Å². The summed E-state index contributed by atoms with van der Waals surface area (Å²) in [6.45, 7) is 3.49. The van der Waals surface area contributed by atoms with Crippen LogP contribution >= 0.6 is 0 Å². The minimum absolute atomic E-state index is 0.678. The molecule has 3 heteroatoms. The second-order valence-corrected chi connectivity index (χ2v) is 2.93. The van der Waals surface area contributed by atoms with Crippen molar-refractivity contribution in [2.45, 2.75) is 26.7 Å². The van der Waals surface area contributed by atoms with Crippen LogP contribution in [0.4, 0.5) is 0 Å². The lowest BCUT2D eigenvalue weighted by molar-refractivity contribution is -0.131. The molecule has 0 saturated carbocycles. The first-order valence-electron chi connectivity index (χ1n) is 4.08. The third-order valence-electron chi connectivity index (χ3n) is 1.56. The zero-order valence-electron chi connectivity index (χ0n) is 7.91. The molecule has 0 radical (unpaired) electrons. The summed E-state index contributed by atoms with van der Waals surface area (Å²) in [6, 6.07) is 0. The van der Waals surface area contributed by atoms with E-state index in [0.29, 0.717) is 18.4 Å². The van der Waals surface area contributed by atoms with Crippen molar-refractivity contribution in [3.05, 3.63) is 23.3 Å². The number of hydrogen-bond acceptors (Lipinski definition) is 2. The van der Waals surface area contributed by atoms with Crippen LogP contribution in [0.2, 0.25) is 0 Å². The highest BCUT2D eigenvalue weighted by Crippen LogP contribution is 2.05. The Labute approximate surface area is 77.8 Å². The van der Waals surface area contributed by atoms with Gasteiger partial charge in [-0.3, -0.25) is 4.79 Å². The molecule has 0 saturated heterocycles. The quantitative estimate of drug-likeness (QED) is 0.522. The van der Waals surface area contributed by atoms with Crippen molar-refractivity contribution in [3.8, 4) is 0 Å². The summed E-state index contributed by atoms with van der Waals surface area (Å²) >= 11 is 0. The Morgan fingerprint density at radius 1 is 1.38 bits per heavy atom. The normalized spacial score (nSPS) is 12.8. The molecular formula is C10H14O3. The standard InChI is InChI=1S/C10H14O3/c1-8(6-10(12)13)4-3-5-9(2)7-11/h5-7H,3-4H2,1-2H3,(H,12,13). The molecular weight excluding hydrogens is 168 g/mol. The van der Waals surface area contributed by atoms with Gasteiger partial charge in [-0.1, -0.05) is 11.6 Å². The van der Waals surface area contributed by atoms with Gasteiger partial charge in [-0.05, 0) is 32.3 Å². The Morgan fingerprint density at radius 2 is 2.00 bits per heavy atom. The van der Waals surface area contributed by atoms with Gasteiger partial charge in [0.15, 0.2) is 0 Å². The maximum Gasteiger partial charge on any atom is 0.328 e. The molecule has 0 aromatic rings. The average Bonchev–Trinajstić information content (AvgIpc) is 2.02. The molecule has 0 heterocycles. The van der Waals surface area contributed by atoms with Crippen molar-refractivity contribution in [1.82, 2.24) is 0 Å². The monoisotopic (exact) mass is 182 g/mol. The first-order chi connectivity index (χ1) is 6.06. The maximum absolute atomic E-state index is 10.2. The van der Waals surface area contributed by atoms with E-state index in [-0.39, 0.29) is 0 Å². The van der Waals surface area contributed by atoms with Gasteiger partial charge in [0.1, 0.15) is 6.29 Å². The molecule has 0 amide bonds. The van der Waals surface area contributed by atoms with E-state index in [4.69, 9.17) is 5.11 Å². The minimum atomic E-state index is -0.923. The van der Waals surface area contributed by atoms with Crippen LogP contribution in [-0.4, -0.2) is 17.4 Å². The summed E-state index contributed by atoms with van der Waals surface area (Å²) in [5.41, 5.74) is 1.49. The van der Waals surface area contributed by atoms with Crippen LogP contribution in [-0.2, 0) is 9.59 Å². The van der Waals surface area contributed by atoms with Crippen molar-refractivity contribution in [3.63, 3.8) is 0 Å². The first kappa shape index (κ1) is 11.6. The van der Waals surface area contributed by atoms with E-state index in [0.717, 1.165) is 11.9 Å². The van der Waals surface area contributed by atoms with Gasteiger partial charge in [-0.2, -0.15) is 0 Å². The number of hydrogen-bond donors (Lipinski definition) is 1. The first-order valence-corrected chi connectivity index (χ1v) is 4.08. The molecule has 13 heavy (non-hydrogen) atoms. The molecule has 0 aromatic carbocycles. The van der Waals surface area contributed by atoms with Gasteiger partial charge in [0.05, 0.1) is 0 Å². The highest BCUT2D eigenvalue weighted by atomic mass is 16.4. The molecule has 3 nitrogen and oxygen atoms in total. The second-order valence-electron chi connectivity index (χ2n) is 2.93. The highest BCUT2D eigenvalue weighted by molar-refractivity contribution is 5.80. The number of aldehydes is 1. The van der Waals surface area contributed by atoms with Crippen molar-refractivity contribution < 1.29 is 14.7 Å². The van der Waals surface area contributed by atoms with E-state index in [1.165, 1.54) is 6.08 Å². The fourth-order valence-electron chi connectivity index (χ4n) is 0.859. The molecule has 0 aliphatic heterocycles. The molecule has 0 spiro atoms. The topological polar surface area (TPSA) is 54.4 Å². The van der Waals surface area contributed by atoms with E-state index in [2.05, 4.69) is 0 Å². The zero-order valence-corrected chi connectivity index (χ0v) is 7.91. The summed E-state index contributed by atoms with van der Waals surface area (Å²) in [6.07, 6.45) is 5.16. The molecule has 0 rings (SSSR count). The second kappa shape index (κ2) is 6.17. The Hall–Kier alpha value is -1.38. The molecule has 0 aromatic heterocycles. The van der Waals surface area contributed by atoms with Gasteiger partial charge in [0.2, 0.25) is 0 Å². The Morgan fingerprint density at radius 3 is 2.46 bits per heavy atom. The van der Waals surface area contributed by atoms with Crippen molar-refractivity contribution in [2.75, 3.05) is 0 Å². The van der Waals surface area contributed by atoms with E-state index in [1.54, 1.807) is 19.9 Å². The van der Waals surface area contributed by atoms with E-state index < -0.39 is 5.97 Å². The van der Waals surface area contributed by atoms with Crippen LogP contribution in [0.25, 0.3) is 0 Å². The lowest BCUT2D eigenvalue weighted by Crippen LogP contribution is -1.89. The summed E-state index contributed by atoms with van der Waals surface area (Å²) in [5.74, 6) is -0.923. The van der Waals surface area contributed by atoms with E-state index in [1.807, 2.05) is 0 Å². The van der Waals surface area contributed by atoms with Crippen LogP contribution < -0.4 is 0 Å². The van der Waals surface area contributed by atoms with Crippen molar-refractivity contribution >= 4 is 12.3 Å². The number of carbonyl (C=O) groups is 2. The van der Waals surface area contributed by atoms with Gasteiger partial charge >= 0.3 is 5.97 Å². The van der Waals surface area contributed by atoms with Crippen LogP contribution in [0.1, 0.15) is 26.7 Å². The van der Waals surface area contributed by atoms with Crippen LogP contribution in [0.15, 0.2) is 23.3 Å². The van der Waals surface area contributed by atoms with E-state index in [9.17, 15) is 9.59 Å². The molecule has 0 aliphatic rings. The maximum atomic E-state index is 10.2. The summed E-state index contributed by atoms with van der Waals surface area (Å²) in [5, 5.41) is 8.39. The molecule has 0 bridgehead atoms. The molecule has 0 fully saturated rings. The van der Waals surface area contributed by atoms with Crippen molar-refractivity contribution in [2.24, 2.45) is 0 Å². The number of aliphatic carboxylic acids is 1. The van der Waals surface area contributed by atoms with Crippen molar-refractivity contribution in [1.29, 1.82) is 0 Å². The minimum Gasteiger partial charge on any atom is -0.478 e. The van der Waals surface area contributed by atoms with Gasteiger partial charge in [0.25, 0.3) is 0 Å². The number of carboxylic acid groups (broad SMARTS) is 1. The van der Waals surface area contributed by atoms with Crippen LogP contribution in [0, 0.1) is 0 Å². The Balaban J connectivity index is 3.90. The predicted molar refractivity (Wildman–Crippen MR) is 50.4 cm³/mol. The fraction of sp³-hybridized carbons (Fsp3) is 0.400. The Bertz CT molecular complexity index is 249. The number of carbonyl (C=O) groups excluding carboxylic acids is 1. The third-order valence-corrected chi connectivity index (χ3v) is 1.56. The lowest BCUT2D eigenvalue weighted by Gasteiger charge is -1.95. The van der Waals surface area contributed by atoms with E-state index >= 15 is 0 Å². The van der Waals surface area contributed by atoms with Gasteiger partial charge in [-0.15, -0.1) is 0 Å². The van der Waals surface area contributed by atoms with Gasteiger partial charge < -0.3 is 5.11 Å². The predicted octanol–water partition coefficient (Wildman–Crippen LogP) is 1.94. The lowest BCUT2D eigenvalue weighted by atomic mass is 10.1. The van der Waals surface area contributed by atoms with Gasteiger partial charge in [-0.25, -0.2) is 4.79 Å². The molecule has 0 unspecified atom stereocenters. The zero-order chi connectivity index (χ0) is 10.3. The van der Waals surface area contributed by atoms with Crippen LogP contribution in [0.3, 0.4) is 0 Å². The summed E-state index contributed by atoms with van der Waals surface area (Å²) in [7, 11) is 0. The summed E-state index contributed by atoms with van der Waals surface area (Å²) < 4.78 is 0. The number of allylic oxidation sites excluding steroid dienone is 3. The molecule has 72 valence electrons. The molecule has 0 atom stereocenters. The average molecular weight is 182 g/mol. The highest BCUT2D eigenvalue weighted by Gasteiger charge is 1.93. The SMILES string of the molecule is CC(C=O)=CCCC(C)=CC(=O)O. The Kier molecular flexibility index (Phi) is 5.52.